The van der Waals surface area contributed by atoms with Gasteiger partial charge in [-0.1, -0.05) is 0 Å². The summed E-state index contributed by atoms with van der Waals surface area (Å²) < 4.78 is 5.20. The molecule has 0 radical (unpaired) electrons. The van der Waals surface area contributed by atoms with E-state index in [9.17, 15) is 4.79 Å². The number of carbonyl (C=O) groups excluding carboxylic acids is 1. The van der Waals surface area contributed by atoms with Gasteiger partial charge in [-0.25, -0.2) is 0 Å². The van der Waals surface area contributed by atoms with E-state index in [1.165, 1.54) is 25.7 Å². The minimum Gasteiger partial charge on any atom is -0.467 e. The summed E-state index contributed by atoms with van der Waals surface area (Å²) in [7, 11) is 0. The van der Waals surface area contributed by atoms with E-state index < -0.39 is 0 Å². The van der Waals surface area contributed by atoms with Gasteiger partial charge in [0, 0.05) is 11.3 Å². The second-order valence-electron chi connectivity index (χ2n) is 5.39. The van der Waals surface area contributed by atoms with Gasteiger partial charge in [0.1, 0.15) is 5.76 Å². The summed E-state index contributed by atoms with van der Waals surface area (Å²) >= 11 is 1.96. The molecular weight excluding hydrogens is 272 g/mol. The fraction of sp³-hybridized carbons (Fsp3) is 0.667. The van der Waals surface area contributed by atoms with Crippen LogP contribution in [0.5, 0.6) is 0 Å². The lowest BCUT2D eigenvalue weighted by atomic mass is 9.94. The van der Waals surface area contributed by atoms with Gasteiger partial charge < -0.3 is 15.1 Å². The zero-order valence-corrected chi connectivity index (χ0v) is 13.0. The highest BCUT2D eigenvalue weighted by atomic mass is 32.2. The Balaban J connectivity index is 1.68. The van der Waals surface area contributed by atoms with Crippen molar-refractivity contribution in [2.75, 3.05) is 6.26 Å². The highest BCUT2D eigenvalue weighted by Crippen LogP contribution is 2.26. The molecule has 1 atom stereocenters. The van der Waals surface area contributed by atoms with Gasteiger partial charge in [-0.2, -0.15) is 11.8 Å². The zero-order chi connectivity index (χ0) is 14.4. The van der Waals surface area contributed by atoms with Gasteiger partial charge in [0.2, 0.25) is 5.91 Å². The molecule has 1 amide bonds. The van der Waals surface area contributed by atoms with Crippen LogP contribution in [0.4, 0.5) is 0 Å². The summed E-state index contributed by atoms with van der Waals surface area (Å²) in [6, 6.07) is 4.01. The molecule has 5 heteroatoms. The standard InChI is InChI=1S/C15H24N2O2S/c1-11(15(18)16-10-13-4-3-9-19-13)17-12-5-7-14(20-2)8-6-12/h3-4,9,11-12,14,17H,5-8,10H2,1-2H3,(H,16,18). The molecule has 1 aliphatic rings. The minimum atomic E-state index is -0.152. The molecular formula is C15H24N2O2S. The zero-order valence-electron chi connectivity index (χ0n) is 12.2. The minimum absolute atomic E-state index is 0.0355. The first-order valence-corrected chi connectivity index (χ1v) is 8.56. The molecule has 0 aliphatic heterocycles. The van der Waals surface area contributed by atoms with Gasteiger partial charge in [0.15, 0.2) is 0 Å². The lowest BCUT2D eigenvalue weighted by Gasteiger charge is -2.30. The number of rotatable bonds is 6. The lowest BCUT2D eigenvalue weighted by molar-refractivity contribution is -0.123. The highest BCUT2D eigenvalue weighted by Gasteiger charge is 2.23. The first-order valence-electron chi connectivity index (χ1n) is 7.28. The number of hydrogen-bond donors (Lipinski definition) is 2. The van der Waals surface area contributed by atoms with Crippen molar-refractivity contribution >= 4 is 17.7 Å². The molecule has 1 heterocycles. The van der Waals surface area contributed by atoms with E-state index >= 15 is 0 Å². The second kappa shape index (κ2) is 7.74. The third-order valence-electron chi connectivity index (χ3n) is 3.90. The summed E-state index contributed by atoms with van der Waals surface area (Å²) in [5, 5.41) is 7.14. The maximum atomic E-state index is 12.0. The summed E-state index contributed by atoms with van der Waals surface area (Å²) in [5.41, 5.74) is 0. The number of thioether (sulfide) groups is 1. The quantitative estimate of drug-likeness (QED) is 0.847. The molecule has 4 nitrogen and oxygen atoms in total. The summed E-state index contributed by atoms with van der Waals surface area (Å²) in [5.74, 6) is 0.819. The average molecular weight is 296 g/mol. The van der Waals surface area contributed by atoms with E-state index in [1.54, 1.807) is 6.26 Å². The molecule has 1 unspecified atom stereocenters. The third kappa shape index (κ3) is 4.56. The molecule has 1 aliphatic carbocycles. The Bertz CT molecular complexity index is 400. The normalized spacial score (nSPS) is 24.3. The van der Waals surface area contributed by atoms with Crippen molar-refractivity contribution in [3.05, 3.63) is 24.2 Å². The topological polar surface area (TPSA) is 54.3 Å². The van der Waals surface area contributed by atoms with Gasteiger partial charge in [-0.15, -0.1) is 0 Å². The van der Waals surface area contributed by atoms with Crippen LogP contribution in [0.2, 0.25) is 0 Å². The van der Waals surface area contributed by atoms with Crippen LogP contribution >= 0.6 is 11.8 Å². The van der Waals surface area contributed by atoms with Crippen molar-refractivity contribution in [2.45, 2.75) is 56.5 Å². The number of furan rings is 1. The molecule has 0 spiro atoms. The van der Waals surface area contributed by atoms with E-state index in [-0.39, 0.29) is 11.9 Å². The maximum Gasteiger partial charge on any atom is 0.237 e. The molecule has 1 aromatic rings. The van der Waals surface area contributed by atoms with E-state index in [2.05, 4.69) is 16.9 Å². The Morgan fingerprint density at radius 1 is 1.45 bits per heavy atom. The maximum absolute atomic E-state index is 12.0. The Hall–Kier alpha value is -0.940. The molecule has 0 saturated heterocycles. The van der Waals surface area contributed by atoms with Gasteiger partial charge in [-0.05, 0) is 51.0 Å². The van der Waals surface area contributed by atoms with Crippen molar-refractivity contribution in [3.8, 4) is 0 Å². The third-order valence-corrected chi connectivity index (χ3v) is 5.04. The monoisotopic (exact) mass is 296 g/mol. The average Bonchev–Trinajstić information content (AvgIpc) is 2.98. The van der Waals surface area contributed by atoms with Crippen LogP contribution in [0.25, 0.3) is 0 Å². The molecule has 112 valence electrons. The molecule has 2 N–H and O–H groups in total. The van der Waals surface area contributed by atoms with E-state index in [0.717, 1.165) is 11.0 Å². The number of hydrogen-bond acceptors (Lipinski definition) is 4. The second-order valence-corrected chi connectivity index (χ2v) is 6.53. The van der Waals surface area contributed by atoms with Gasteiger partial charge >= 0.3 is 0 Å². The highest BCUT2D eigenvalue weighted by molar-refractivity contribution is 7.99. The van der Waals surface area contributed by atoms with Crippen molar-refractivity contribution < 1.29 is 9.21 Å². The Kier molecular flexibility index (Phi) is 5.98. The first-order chi connectivity index (χ1) is 9.69. The van der Waals surface area contributed by atoms with Crippen molar-refractivity contribution in [1.82, 2.24) is 10.6 Å². The van der Waals surface area contributed by atoms with Gasteiger partial charge in [0.05, 0.1) is 18.8 Å². The van der Waals surface area contributed by atoms with Crippen LogP contribution in [0.15, 0.2) is 22.8 Å². The van der Waals surface area contributed by atoms with Gasteiger partial charge in [-0.3, -0.25) is 4.79 Å². The largest absolute Gasteiger partial charge is 0.467 e. The van der Waals surface area contributed by atoms with E-state index in [1.807, 2.05) is 30.8 Å². The molecule has 1 fully saturated rings. The smallest absolute Gasteiger partial charge is 0.237 e. The van der Waals surface area contributed by atoms with Crippen LogP contribution in [-0.4, -0.2) is 29.5 Å². The van der Waals surface area contributed by atoms with Crippen molar-refractivity contribution in [3.63, 3.8) is 0 Å². The lowest BCUT2D eigenvalue weighted by Crippen LogP contribution is -2.47. The molecule has 0 aromatic carbocycles. The molecule has 2 rings (SSSR count). The van der Waals surface area contributed by atoms with Gasteiger partial charge in [0.25, 0.3) is 0 Å². The Morgan fingerprint density at radius 2 is 2.20 bits per heavy atom. The van der Waals surface area contributed by atoms with Crippen LogP contribution in [0.1, 0.15) is 38.4 Å². The molecule has 20 heavy (non-hydrogen) atoms. The van der Waals surface area contributed by atoms with Crippen molar-refractivity contribution in [2.24, 2.45) is 0 Å². The predicted molar refractivity (Wildman–Crippen MR) is 82.7 cm³/mol. The summed E-state index contributed by atoms with van der Waals surface area (Å²) in [6.45, 7) is 2.38. The fourth-order valence-electron chi connectivity index (χ4n) is 2.63. The van der Waals surface area contributed by atoms with Crippen LogP contribution in [0, 0.1) is 0 Å². The molecule has 1 saturated carbocycles. The SMILES string of the molecule is CSC1CCC(NC(C)C(=O)NCc2ccco2)CC1. The molecule has 1 aromatic heterocycles. The predicted octanol–water partition coefficient (Wildman–Crippen LogP) is 2.55. The number of amides is 1. The van der Waals surface area contributed by atoms with E-state index in [4.69, 9.17) is 4.42 Å². The number of nitrogens with one attached hydrogen (secondary N) is 2. The molecule has 0 bridgehead atoms. The summed E-state index contributed by atoms with van der Waals surface area (Å²) in [6.07, 6.45) is 8.64. The van der Waals surface area contributed by atoms with E-state index in [0.29, 0.717) is 12.6 Å². The number of carbonyl (C=O) groups is 1. The fourth-order valence-corrected chi connectivity index (χ4v) is 3.38. The van der Waals surface area contributed by atoms with Crippen molar-refractivity contribution in [1.29, 1.82) is 0 Å². The Morgan fingerprint density at radius 3 is 2.80 bits per heavy atom. The van der Waals surface area contributed by atoms with Crippen LogP contribution < -0.4 is 10.6 Å². The first kappa shape index (κ1) is 15.4. The van der Waals surface area contributed by atoms with Crippen LogP contribution in [0.3, 0.4) is 0 Å². The van der Waals surface area contributed by atoms with Crippen LogP contribution in [-0.2, 0) is 11.3 Å². The Labute approximate surface area is 125 Å². The summed E-state index contributed by atoms with van der Waals surface area (Å²) in [4.78, 5) is 12.0.